The van der Waals surface area contributed by atoms with E-state index in [2.05, 4.69) is 25.8 Å². The number of anilines is 1. The lowest BCUT2D eigenvalue weighted by molar-refractivity contribution is 0.249. The third-order valence-electron chi connectivity index (χ3n) is 5.41. The molecular formula is C22H22FN5O. The minimum absolute atomic E-state index is 0.0554. The van der Waals surface area contributed by atoms with Crippen LogP contribution in [-0.4, -0.2) is 41.0 Å². The number of hydrogen-bond donors (Lipinski definition) is 1. The number of aromatic nitrogens is 2. The van der Waals surface area contributed by atoms with Gasteiger partial charge < -0.3 is 9.88 Å². The van der Waals surface area contributed by atoms with Crippen LogP contribution in [0.4, 0.5) is 10.1 Å². The summed E-state index contributed by atoms with van der Waals surface area (Å²) in [6.07, 6.45) is 2.54. The van der Waals surface area contributed by atoms with Crippen molar-refractivity contribution in [1.82, 2.24) is 14.9 Å². The summed E-state index contributed by atoms with van der Waals surface area (Å²) >= 11 is 0. The molecule has 148 valence electrons. The van der Waals surface area contributed by atoms with Crippen LogP contribution in [0.5, 0.6) is 0 Å². The molecule has 1 saturated heterocycles. The molecule has 0 aliphatic carbocycles. The van der Waals surface area contributed by atoms with E-state index in [1.165, 1.54) is 12.1 Å². The Morgan fingerprint density at radius 2 is 2.00 bits per heavy atom. The van der Waals surface area contributed by atoms with Gasteiger partial charge in [-0.15, -0.1) is 0 Å². The molecule has 1 aromatic carbocycles. The number of nitriles is 1. The molecule has 1 aliphatic rings. The topological polar surface area (TPSA) is 76.0 Å². The van der Waals surface area contributed by atoms with Crippen molar-refractivity contribution in [1.29, 1.82) is 5.26 Å². The van der Waals surface area contributed by atoms with Crippen molar-refractivity contribution in [3.8, 4) is 6.07 Å². The summed E-state index contributed by atoms with van der Waals surface area (Å²) < 4.78 is 13.4. The molecule has 4 rings (SSSR count). The van der Waals surface area contributed by atoms with E-state index < -0.39 is 5.82 Å². The third-order valence-corrected chi connectivity index (χ3v) is 5.41. The Hall–Kier alpha value is -3.24. The Morgan fingerprint density at radius 1 is 1.21 bits per heavy atom. The lowest BCUT2D eigenvalue weighted by Gasteiger charge is -2.36. The van der Waals surface area contributed by atoms with Crippen molar-refractivity contribution in [2.24, 2.45) is 0 Å². The largest absolute Gasteiger partial charge is 0.368 e. The van der Waals surface area contributed by atoms with Gasteiger partial charge >= 0.3 is 0 Å². The van der Waals surface area contributed by atoms with Crippen molar-refractivity contribution < 1.29 is 4.39 Å². The Labute approximate surface area is 168 Å². The molecule has 3 heterocycles. The molecule has 0 unspecified atom stereocenters. The molecule has 2 aromatic heterocycles. The first-order valence-electron chi connectivity index (χ1n) is 9.75. The van der Waals surface area contributed by atoms with Gasteiger partial charge in [0.05, 0.1) is 22.3 Å². The quantitative estimate of drug-likeness (QED) is 0.740. The number of benzene rings is 1. The van der Waals surface area contributed by atoms with Gasteiger partial charge in [-0.3, -0.25) is 14.7 Å². The molecule has 1 N–H and O–H groups in total. The highest BCUT2D eigenvalue weighted by Crippen LogP contribution is 2.23. The lowest BCUT2D eigenvalue weighted by atomic mass is 10.1. The number of nitrogens with zero attached hydrogens (tertiary/aromatic N) is 4. The maximum atomic E-state index is 13.4. The van der Waals surface area contributed by atoms with Crippen LogP contribution in [0.3, 0.4) is 0 Å². The zero-order chi connectivity index (χ0) is 20.4. The lowest BCUT2D eigenvalue weighted by Crippen LogP contribution is -2.46. The molecule has 0 radical (unpaired) electrons. The maximum absolute atomic E-state index is 13.4. The van der Waals surface area contributed by atoms with Crippen molar-refractivity contribution in [2.45, 2.75) is 19.9 Å². The van der Waals surface area contributed by atoms with Crippen molar-refractivity contribution in [2.75, 3.05) is 31.1 Å². The summed E-state index contributed by atoms with van der Waals surface area (Å²) in [5, 5.41) is 9.27. The van der Waals surface area contributed by atoms with E-state index in [4.69, 9.17) is 0 Å². The first-order valence-corrected chi connectivity index (χ1v) is 9.75. The predicted octanol–water partition coefficient (Wildman–Crippen LogP) is 2.82. The standard InChI is InChI=1S/C22H22FN5O/c1-2-16-11-19-20(26-22(16)29)9-15(13-25-19)14-27-5-7-28(8-6-27)21-4-3-18(23)10-17(21)12-24/h3-4,9-11,13H,2,5-8,14H2,1H3,(H,26,29). The Bertz CT molecular complexity index is 1140. The SMILES string of the molecule is CCc1cc2ncc(CN3CCN(c4ccc(F)cc4C#N)CC3)cc2[nH]c1=O. The minimum atomic E-state index is -0.392. The number of rotatable bonds is 4. The summed E-state index contributed by atoms with van der Waals surface area (Å²) in [6, 6.07) is 10.3. The number of H-pyrrole nitrogens is 1. The molecular weight excluding hydrogens is 369 g/mol. The Kier molecular flexibility index (Phi) is 5.28. The summed E-state index contributed by atoms with van der Waals surface area (Å²) in [5.41, 5.74) is 4.44. The smallest absolute Gasteiger partial charge is 0.251 e. The van der Waals surface area contributed by atoms with Crippen LogP contribution in [-0.2, 0) is 13.0 Å². The normalized spacial score (nSPS) is 14.9. The number of fused-ring (bicyclic) bond motifs is 1. The monoisotopic (exact) mass is 391 g/mol. The fraction of sp³-hybridized carbons (Fsp3) is 0.318. The molecule has 0 saturated carbocycles. The number of pyridine rings is 2. The average molecular weight is 391 g/mol. The van der Waals surface area contributed by atoms with Gasteiger partial charge in [0.2, 0.25) is 0 Å². The number of piperazine rings is 1. The number of aryl methyl sites for hydroxylation is 1. The molecule has 0 atom stereocenters. The molecule has 0 spiro atoms. The van der Waals surface area contributed by atoms with Crippen LogP contribution in [0.15, 0.2) is 41.3 Å². The first-order chi connectivity index (χ1) is 14.1. The minimum Gasteiger partial charge on any atom is -0.368 e. The van der Waals surface area contributed by atoms with Gasteiger partial charge in [-0.2, -0.15) is 5.26 Å². The maximum Gasteiger partial charge on any atom is 0.251 e. The number of aromatic amines is 1. The van der Waals surface area contributed by atoms with Crippen LogP contribution in [0.2, 0.25) is 0 Å². The van der Waals surface area contributed by atoms with Gasteiger partial charge in [0.15, 0.2) is 0 Å². The van der Waals surface area contributed by atoms with Crippen molar-refractivity contribution >= 4 is 16.7 Å². The molecule has 1 fully saturated rings. The van der Waals surface area contributed by atoms with E-state index in [0.717, 1.165) is 60.6 Å². The summed E-state index contributed by atoms with van der Waals surface area (Å²) in [6.45, 7) is 5.87. The van der Waals surface area contributed by atoms with Crippen molar-refractivity contribution in [3.63, 3.8) is 0 Å². The second-order valence-electron chi connectivity index (χ2n) is 7.29. The Balaban J connectivity index is 1.45. The summed E-state index contributed by atoms with van der Waals surface area (Å²) in [4.78, 5) is 23.9. The second kappa shape index (κ2) is 8.02. The molecule has 7 heteroatoms. The van der Waals surface area contributed by atoms with E-state index in [1.807, 2.05) is 25.3 Å². The van der Waals surface area contributed by atoms with Gasteiger partial charge in [-0.1, -0.05) is 6.92 Å². The number of nitrogens with one attached hydrogen (secondary N) is 1. The van der Waals surface area contributed by atoms with E-state index in [0.29, 0.717) is 12.0 Å². The van der Waals surface area contributed by atoms with Gasteiger partial charge in [0.25, 0.3) is 5.56 Å². The highest BCUT2D eigenvalue weighted by atomic mass is 19.1. The van der Waals surface area contributed by atoms with Gasteiger partial charge in [0.1, 0.15) is 11.9 Å². The zero-order valence-electron chi connectivity index (χ0n) is 16.3. The predicted molar refractivity (Wildman–Crippen MR) is 110 cm³/mol. The molecule has 0 bridgehead atoms. The summed E-state index contributed by atoms with van der Waals surface area (Å²) in [5.74, 6) is -0.392. The van der Waals surface area contributed by atoms with Gasteiger partial charge in [-0.25, -0.2) is 4.39 Å². The van der Waals surface area contributed by atoms with Crippen LogP contribution in [0.1, 0.15) is 23.6 Å². The zero-order valence-corrected chi connectivity index (χ0v) is 16.3. The fourth-order valence-electron chi connectivity index (χ4n) is 3.79. The van der Waals surface area contributed by atoms with E-state index in [9.17, 15) is 14.4 Å². The molecule has 3 aromatic rings. The van der Waals surface area contributed by atoms with Crippen LogP contribution in [0.25, 0.3) is 11.0 Å². The van der Waals surface area contributed by atoms with Crippen LogP contribution < -0.4 is 10.5 Å². The van der Waals surface area contributed by atoms with Gasteiger partial charge in [-0.05, 0) is 42.3 Å². The highest BCUT2D eigenvalue weighted by molar-refractivity contribution is 5.74. The Morgan fingerprint density at radius 3 is 2.72 bits per heavy atom. The highest BCUT2D eigenvalue weighted by Gasteiger charge is 2.20. The molecule has 29 heavy (non-hydrogen) atoms. The second-order valence-corrected chi connectivity index (χ2v) is 7.29. The van der Waals surface area contributed by atoms with Crippen molar-refractivity contribution in [3.05, 3.63) is 69.4 Å². The first kappa shape index (κ1) is 19.1. The summed E-state index contributed by atoms with van der Waals surface area (Å²) in [7, 11) is 0. The molecule has 0 amide bonds. The van der Waals surface area contributed by atoms with E-state index >= 15 is 0 Å². The number of hydrogen-bond acceptors (Lipinski definition) is 5. The van der Waals surface area contributed by atoms with Gasteiger partial charge in [0, 0.05) is 44.5 Å². The van der Waals surface area contributed by atoms with Crippen LogP contribution in [0, 0.1) is 17.1 Å². The fourth-order valence-corrected chi connectivity index (χ4v) is 3.79. The molecule has 1 aliphatic heterocycles. The number of halogens is 1. The van der Waals surface area contributed by atoms with E-state index in [-0.39, 0.29) is 5.56 Å². The van der Waals surface area contributed by atoms with E-state index in [1.54, 1.807) is 6.07 Å². The third kappa shape index (κ3) is 3.98. The van der Waals surface area contributed by atoms with Crippen LogP contribution >= 0.6 is 0 Å². The average Bonchev–Trinajstić information content (AvgIpc) is 2.73. The molecule has 6 nitrogen and oxygen atoms in total.